The molecular weight excluding hydrogens is 212 g/mol. The molecule has 0 saturated heterocycles. The molecule has 1 atom stereocenters. The molecule has 0 amide bonds. The lowest BCUT2D eigenvalue weighted by molar-refractivity contribution is -0.144. The number of thiocarbonyl (C=S) groups is 1. The Balaban J connectivity index is 3.80. The fourth-order valence-electron chi connectivity index (χ4n) is 0.934. The van der Waals surface area contributed by atoms with Gasteiger partial charge in [-0.05, 0) is 20.4 Å². The molecule has 0 saturated carbocycles. The average molecular weight is 232 g/mol. The van der Waals surface area contributed by atoms with Gasteiger partial charge in [0.2, 0.25) is 0 Å². The summed E-state index contributed by atoms with van der Waals surface area (Å²) in [5.74, 6) is -0.228. The van der Waals surface area contributed by atoms with Crippen molar-refractivity contribution in [3.8, 4) is 0 Å². The van der Waals surface area contributed by atoms with Crippen LogP contribution in [-0.4, -0.2) is 42.1 Å². The lowest BCUT2D eigenvalue weighted by atomic mass is 10.3. The van der Waals surface area contributed by atoms with Gasteiger partial charge in [-0.2, -0.15) is 0 Å². The molecule has 88 valence electrons. The molecule has 0 aromatic carbocycles. The molecule has 0 aliphatic carbocycles. The predicted octanol–water partition coefficient (Wildman–Crippen LogP) is 0.936. The summed E-state index contributed by atoms with van der Waals surface area (Å²) >= 11 is 4.84. The van der Waals surface area contributed by atoms with Crippen molar-refractivity contribution < 1.29 is 9.53 Å². The van der Waals surface area contributed by atoms with E-state index in [4.69, 9.17) is 22.7 Å². The van der Waals surface area contributed by atoms with Gasteiger partial charge in [0.25, 0.3) is 0 Å². The van der Waals surface area contributed by atoms with E-state index in [2.05, 4.69) is 6.92 Å². The minimum Gasteiger partial charge on any atom is -0.465 e. The third-order valence-corrected chi connectivity index (χ3v) is 2.55. The first-order valence-corrected chi connectivity index (χ1v) is 5.55. The van der Waals surface area contributed by atoms with E-state index in [1.54, 1.807) is 11.9 Å². The molecular formula is C10H20N2O2S. The summed E-state index contributed by atoms with van der Waals surface area (Å²) in [7, 11) is 1.80. The number of esters is 1. The summed E-state index contributed by atoms with van der Waals surface area (Å²) in [6, 6.07) is -0.0845. The number of nitrogens with two attached hydrogens (primary N) is 1. The molecule has 0 heterocycles. The van der Waals surface area contributed by atoms with Crippen molar-refractivity contribution in [1.29, 1.82) is 0 Å². The van der Waals surface area contributed by atoms with Crippen LogP contribution in [0.1, 0.15) is 26.7 Å². The minimum absolute atomic E-state index is 0.0845. The molecule has 0 aliphatic heterocycles. The van der Waals surface area contributed by atoms with Gasteiger partial charge in [-0.3, -0.25) is 9.69 Å². The Morgan fingerprint density at radius 2 is 2.20 bits per heavy atom. The van der Waals surface area contributed by atoms with Crippen LogP contribution in [0.15, 0.2) is 0 Å². The second kappa shape index (κ2) is 7.59. The van der Waals surface area contributed by atoms with E-state index in [-0.39, 0.29) is 18.6 Å². The molecule has 0 spiro atoms. The summed E-state index contributed by atoms with van der Waals surface area (Å²) in [5.41, 5.74) is 5.47. The topological polar surface area (TPSA) is 55.6 Å². The highest BCUT2D eigenvalue weighted by atomic mass is 32.1. The normalized spacial score (nSPS) is 12.5. The largest absolute Gasteiger partial charge is 0.465 e. The SMILES string of the molecule is CCCCOC(=O)CN(C)C(C)C(N)=S. The number of nitrogens with zero attached hydrogens (tertiary/aromatic N) is 1. The lowest BCUT2D eigenvalue weighted by Gasteiger charge is -2.22. The number of ether oxygens (including phenoxy) is 1. The highest BCUT2D eigenvalue weighted by molar-refractivity contribution is 7.80. The van der Waals surface area contributed by atoms with Gasteiger partial charge in [0.05, 0.1) is 24.2 Å². The summed E-state index contributed by atoms with van der Waals surface area (Å²) in [6.07, 6.45) is 1.92. The van der Waals surface area contributed by atoms with Crippen LogP contribution in [0.2, 0.25) is 0 Å². The monoisotopic (exact) mass is 232 g/mol. The van der Waals surface area contributed by atoms with E-state index in [0.29, 0.717) is 11.6 Å². The molecule has 15 heavy (non-hydrogen) atoms. The Hall–Kier alpha value is -0.680. The zero-order valence-electron chi connectivity index (χ0n) is 9.66. The van der Waals surface area contributed by atoms with E-state index >= 15 is 0 Å². The predicted molar refractivity (Wildman–Crippen MR) is 64.7 cm³/mol. The van der Waals surface area contributed by atoms with Crippen LogP contribution in [0.5, 0.6) is 0 Å². The Bertz CT molecular complexity index is 221. The zero-order valence-corrected chi connectivity index (χ0v) is 10.5. The molecule has 1 unspecified atom stereocenters. The summed E-state index contributed by atoms with van der Waals surface area (Å²) in [4.78, 5) is 13.5. The Morgan fingerprint density at radius 3 is 2.67 bits per heavy atom. The molecule has 0 radical (unpaired) electrons. The molecule has 5 heteroatoms. The van der Waals surface area contributed by atoms with Gasteiger partial charge in [0.15, 0.2) is 0 Å². The number of carbonyl (C=O) groups excluding carboxylic acids is 1. The highest BCUT2D eigenvalue weighted by Gasteiger charge is 2.15. The standard InChI is InChI=1S/C10H20N2O2S/c1-4-5-6-14-9(13)7-12(3)8(2)10(11)15/h8H,4-7H2,1-3H3,(H2,11,15). The molecule has 0 aliphatic rings. The maximum absolute atomic E-state index is 11.3. The van der Waals surface area contributed by atoms with E-state index < -0.39 is 0 Å². The minimum atomic E-state index is -0.228. The number of likely N-dealkylation sites (N-methyl/N-ethyl adjacent to an activating group) is 1. The van der Waals surface area contributed by atoms with Gasteiger partial charge in [-0.15, -0.1) is 0 Å². The fourth-order valence-corrected chi connectivity index (χ4v) is 1.11. The van der Waals surface area contributed by atoms with Crippen LogP contribution in [0.25, 0.3) is 0 Å². The lowest BCUT2D eigenvalue weighted by Crippen LogP contribution is -2.42. The van der Waals surface area contributed by atoms with Crippen molar-refractivity contribution >= 4 is 23.2 Å². The third-order valence-electron chi connectivity index (χ3n) is 2.21. The van der Waals surface area contributed by atoms with E-state index in [0.717, 1.165) is 12.8 Å². The molecule has 4 nitrogen and oxygen atoms in total. The Kier molecular flexibility index (Phi) is 7.25. The average Bonchev–Trinajstić information content (AvgIpc) is 2.16. The van der Waals surface area contributed by atoms with Gasteiger partial charge in [-0.1, -0.05) is 25.6 Å². The van der Waals surface area contributed by atoms with Crippen LogP contribution < -0.4 is 5.73 Å². The van der Waals surface area contributed by atoms with Crippen LogP contribution >= 0.6 is 12.2 Å². The van der Waals surface area contributed by atoms with Crippen LogP contribution in [-0.2, 0) is 9.53 Å². The van der Waals surface area contributed by atoms with Crippen molar-refractivity contribution in [2.24, 2.45) is 5.73 Å². The smallest absolute Gasteiger partial charge is 0.320 e. The molecule has 2 N–H and O–H groups in total. The third kappa shape index (κ3) is 6.41. The molecule has 0 aromatic rings. The Morgan fingerprint density at radius 1 is 1.60 bits per heavy atom. The van der Waals surface area contributed by atoms with Crippen LogP contribution in [0, 0.1) is 0 Å². The zero-order chi connectivity index (χ0) is 11.8. The van der Waals surface area contributed by atoms with E-state index in [9.17, 15) is 4.79 Å². The first-order chi connectivity index (χ1) is 6.99. The quantitative estimate of drug-likeness (QED) is 0.402. The van der Waals surface area contributed by atoms with Crippen molar-refractivity contribution in [1.82, 2.24) is 4.90 Å². The number of unbranched alkanes of at least 4 members (excludes halogenated alkanes) is 1. The van der Waals surface area contributed by atoms with Crippen molar-refractivity contribution in [2.45, 2.75) is 32.7 Å². The first-order valence-electron chi connectivity index (χ1n) is 5.14. The molecule has 0 fully saturated rings. The molecule has 0 bridgehead atoms. The number of hydrogen-bond donors (Lipinski definition) is 1. The van der Waals surface area contributed by atoms with Gasteiger partial charge in [0, 0.05) is 0 Å². The number of rotatable bonds is 7. The summed E-state index contributed by atoms with van der Waals surface area (Å²) < 4.78 is 5.02. The van der Waals surface area contributed by atoms with E-state index in [1.165, 1.54) is 0 Å². The second-order valence-corrected chi connectivity index (χ2v) is 4.04. The molecule has 0 rings (SSSR count). The maximum Gasteiger partial charge on any atom is 0.320 e. The van der Waals surface area contributed by atoms with Crippen LogP contribution in [0.4, 0.5) is 0 Å². The van der Waals surface area contributed by atoms with E-state index in [1.807, 2.05) is 6.92 Å². The highest BCUT2D eigenvalue weighted by Crippen LogP contribution is 1.97. The maximum atomic E-state index is 11.3. The summed E-state index contributed by atoms with van der Waals surface area (Å²) in [6.45, 7) is 4.63. The van der Waals surface area contributed by atoms with Gasteiger partial charge in [-0.25, -0.2) is 0 Å². The van der Waals surface area contributed by atoms with Gasteiger partial charge < -0.3 is 10.5 Å². The number of carbonyl (C=O) groups is 1. The van der Waals surface area contributed by atoms with Crippen molar-refractivity contribution in [3.05, 3.63) is 0 Å². The van der Waals surface area contributed by atoms with Crippen molar-refractivity contribution in [2.75, 3.05) is 20.2 Å². The number of hydrogen-bond acceptors (Lipinski definition) is 4. The van der Waals surface area contributed by atoms with Crippen LogP contribution in [0.3, 0.4) is 0 Å². The first kappa shape index (κ1) is 14.3. The second-order valence-electron chi connectivity index (χ2n) is 3.57. The summed E-state index contributed by atoms with van der Waals surface area (Å²) in [5, 5.41) is 0. The van der Waals surface area contributed by atoms with Gasteiger partial charge >= 0.3 is 5.97 Å². The van der Waals surface area contributed by atoms with Crippen molar-refractivity contribution in [3.63, 3.8) is 0 Å². The fraction of sp³-hybridized carbons (Fsp3) is 0.800. The van der Waals surface area contributed by atoms with Gasteiger partial charge in [0.1, 0.15) is 0 Å². The Labute approximate surface area is 96.8 Å². The molecule has 0 aromatic heterocycles.